The summed E-state index contributed by atoms with van der Waals surface area (Å²) in [5, 5.41) is 3.18. The number of carbonyl (C=O) groups excluding carboxylic acids is 1. The molecule has 0 amide bonds. The van der Waals surface area contributed by atoms with Gasteiger partial charge in [-0.05, 0) is 6.07 Å². The van der Waals surface area contributed by atoms with Gasteiger partial charge >= 0.3 is 5.97 Å². The standard InChI is InChI=1S/C14H12BrN3O2/c1-20-14(19)12-9-6-16-7-11(9)17-13(18-12)8-4-2-3-5-10(8)15/h2-5,16H,6-7H2,1H3. The lowest BCUT2D eigenvalue weighted by Crippen LogP contribution is -2.11. The molecule has 102 valence electrons. The molecule has 1 aromatic carbocycles. The number of hydrogen-bond donors (Lipinski definition) is 1. The summed E-state index contributed by atoms with van der Waals surface area (Å²) in [5.41, 5.74) is 2.87. The van der Waals surface area contributed by atoms with Crippen molar-refractivity contribution in [2.45, 2.75) is 13.1 Å². The van der Waals surface area contributed by atoms with Gasteiger partial charge in [0.2, 0.25) is 0 Å². The van der Waals surface area contributed by atoms with Gasteiger partial charge in [0.25, 0.3) is 0 Å². The Hall–Kier alpha value is -1.79. The number of halogens is 1. The molecule has 3 rings (SSSR count). The van der Waals surface area contributed by atoms with Crippen molar-refractivity contribution in [2.75, 3.05) is 7.11 Å². The Kier molecular flexibility index (Phi) is 3.50. The van der Waals surface area contributed by atoms with Crippen molar-refractivity contribution in [3.8, 4) is 11.4 Å². The van der Waals surface area contributed by atoms with E-state index in [9.17, 15) is 4.79 Å². The number of esters is 1. The summed E-state index contributed by atoms with van der Waals surface area (Å²) < 4.78 is 5.70. The molecule has 0 unspecified atom stereocenters. The van der Waals surface area contributed by atoms with E-state index in [0.717, 1.165) is 21.3 Å². The molecule has 0 saturated heterocycles. The lowest BCUT2D eigenvalue weighted by atomic mass is 10.1. The fourth-order valence-electron chi connectivity index (χ4n) is 2.20. The third-order valence-corrected chi connectivity index (χ3v) is 3.87. The molecule has 2 aromatic rings. The number of carbonyl (C=O) groups is 1. The molecule has 2 heterocycles. The van der Waals surface area contributed by atoms with Crippen LogP contribution in [0.15, 0.2) is 28.7 Å². The summed E-state index contributed by atoms with van der Waals surface area (Å²) >= 11 is 3.48. The van der Waals surface area contributed by atoms with Crippen molar-refractivity contribution >= 4 is 21.9 Å². The number of benzene rings is 1. The van der Waals surface area contributed by atoms with Crippen LogP contribution in [0, 0.1) is 0 Å². The minimum atomic E-state index is -0.430. The Bertz CT molecular complexity index is 688. The largest absolute Gasteiger partial charge is 0.464 e. The molecular formula is C14H12BrN3O2. The van der Waals surface area contributed by atoms with E-state index < -0.39 is 5.97 Å². The van der Waals surface area contributed by atoms with Crippen LogP contribution in [0.1, 0.15) is 21.7 Å². The SMILES string of the molecule is COC(=O)c1nc(-c2ccccc2Br)nc2c1CNC2. The number of nitrogens with zero attached hydrogens (tertiary/aromatic N) is 2. The summed E-state index contributed by atoms with van der Waals surface area (Å²) in [6.07, 6.45) is 0. The summed E-state index contributed by atoms with van der Waals surface area (Å²) in [5.74, 6) is 0.0981. The first-order valence-corrected chi connectivity index (χ1v) is 6.93. The van der Waals surface area contributed by atoms with Crippen molar-refractivity contribution in [1.82, 2.24) is 15.3 Å². The Morgan fingerprint density at radius 2 is 2.10 bits per heavy atom. The third-order valence-electron chi connectivity index (χ3n) is 3.18. The van der Waals surface area contributed by atoms with E-state index in [1.54, 1.807) is 0 Å². The van der Waals surface area contributed by atoms with E-state index in [2.05, 4.69) is 31.2 Å². The van der Waals surface area contributed by atoms with Crippen molar-refractivity contribution in [2.24, 2.45) is 0 Å². The molecule has 6 heteroatoms. The quantitative estimate of drug-likeness (QED) is 0.854. The second kappa shape index (κ2) is 5.30. The number of aromatic nitrogens is 2. The molecule has 0 saturated carbocycles. The molecule has 1 N–H and O–H groups in total. The number of rotatable bonds is 2. The maximum absolute atomic E-state index is 11.9. The van der Waals surface area contributed by atoms with Crippen molar-refractivity contribution in [3.05, 3.63) is 45.7 Å². The van der Waals surface area contributed by atoms with Crippen LogP contribution in [0.2, 0.25) is 0 Å². The van der Waals surface area contributed by atoms with Gasteiger partial charge in [-0.25, -0.2) is 14.8 Å². The molecule has 0 aliphatic carbocycles. The van der Waals surface area contributed by atoms with Gasteiger partial charge in [0.05, 0.1) is 12.8 Å². The van der Waals surface area contributed by atoms with Gasteiger partial charge in [-0.3, -0.25) is 0 Å². The zero-order valence-corrected chi connectivity index (χ0v) is 12.4. The first-order chi connectivity index (χ1) is 9.70. The van der Waals surface area contributed by atoms with E-state index >= 15 is 0 Å². The average Bonchev–Trinajstić information content (AvgIpc) is 2.94. The lowest BCUT2D eigenvalue weighted by Gasteiger charge is -2.09. The molecule has 1 aliphatic heterocycles. The van der Waals surface area contributed by atoms with Crippen molar-refractivity contribution < 1.29 is 9.53 Å². The predicted octanol–water partition coefficient (Wildman–Crippen LogP) is 2.30. The van der Waals surface area contributed by atoms with Gasteiger partial charge in [0, 0.05) is 28.7 Å². The van der Waals surface area contributed by atoms with Crippen LogP contribution < -0.4 is 5.32 Å². The van der Waals surface area contributed by atoms with E-state index in [-0.39, 0.29) is 0 Å². The third kappa shape index (κ3) is 2.21. The van der Waals surface area contributed by atoms with Crippen LogP contribution in [0.4, 0.5) is 0 Å². The van der Waals surface area contributed by atoms with Crippen LogP contribution in [0.3, 0.4) is 0 Å². The second-order valence-electron chi connectivity index (χ2n) is 4.40. The first-order valence-electron chi connectivity index (χ1n) is 6.14. The van der Waals surface area contributed by atoms with Gasteiger partial charge < -0.3 is 10.1 Å². The monoisotopic (exact) mass is 333 g/mol. The molecule has 1 aliphatic rings. The highest BCUT2D eigenvalue weighted by atomic mass is 79.9. The summed E-state index contributed by atoms with van der Waals surface area (Å²) in [7, 11) is 1.36. The van der Waals surface area contributed by atoms with E-state index in [4.69, 9.17) is 4.74 Å². The van der Waals surface area contributed by atoms with Crippen LogP contribution in [0.5, 0.6) is 0 Å². The van der Waals surface area contributed by atoms with Crippen molar-refractivity contribution in [1.29, 1.82) is 0 Å². The molecule has 5 nitrogen and oxygen atoms in total. The summed E-state index contributed by atoms with van der Waals surface area (Å²) in [6, 6.07) is 7.66. The van der Waals surface area contributed by atoms with Crippen LogP contribution in [-0.2, 0) is 17.8 Å². The maximum atomic E-state index is 11.9. The number of methoxy groups -OCH3 is 1. The van der Waals surface area contributed by atoms with Gasteiger partial charge in [-0.15, -0.1) is 0 Å². The Morgan fingerprint density at radius 1 is 1.30 bits per heavy atom. The second-order valence-corrected chi connectivity index (χ2v) is 5.25. The summed E-state index contributed by atoms with van der Waals surface area (Å²) in [4.78, 5) is 20.8. The fraction of sp³-hybridized carbons (Fsp3) is 0.214. The molecule has 0 radical (unpaired) electrons. The predicted molar refractivity (Wildman–Crippen MR) is 77.1 cm³/mol. The highest BCUT2D eigenvalue weighted by Gasteiger charge is 2.24. The lowest BCUT2D eigenvalue weighted by molar-refractivity contribution is 0.0592. The first kappa shape index (κ1) is 13.2. The molecular weight excluding hydrogens is 322 g/mol. The molecule has 0 atom stereocenters. The number of ether oxygens (including phenoxy) is 1. The zero-order chi connectivity index (χ0) is 14.1. The normalized spacial score (nSPS) is 13.1. The maximum Gasteiger partial charge on any atom is 0.357 e. The molecule has 0 spiro atoms. The van der Waals surface area contributed by atoms with E-state index in [1.807, 2.05) is 24.3 Å². The molecule has 0 fully saturated rings. The van der Waals surface area contributed by atoms with Gasteiger partial charge in [-0.2, -0.15) is 0 Å². The van der Waals surface area contributed by atoms with E-state index in [1.165, 1.54) is 7.11 Å². The minimum absolute atomic E-state index is 0.341. The average molecular weight is 334 g/mol. The Morgan fingerprint density at radius 3 is 2.85 bits per heavy atom. The fourth-order valence-corrected chi connectivity index (χ4v) is 2.66. The van der Waals surface area contributed by atoms with Gasteiger partial charge in [0.1, 0.15) is 0 Å². The minimum Gasteiger partial charge on any atom is -0.464 e. The highest BCUT2D eigenvalue weighted by molar-refractivity contribution is 9.10. The Balaban J connectivity index is 2.19. The van der Waals surface area contributed by atoms with Gasteiger partial charge in [-0.1, -0.05) is 34.1 Å². The number of fused-ring (bicyclic) bond motifs is 1. The van der Waals surface area contributed by atoms with Crippen LogP contribution in [0.25, 0.3) is 11.4 Å². The summed E-state index contributed by atoms with van der Waals surface area (Å²) in [6.45, 7) is 1.23. The van der Waals surface area contributed by atoms with Crippen LogP contribution in [-0.4, -0.2) is 23.0 Å². The molecule has 1 aromatic heterocycles. The van der Waals surface area contributed by atoms with E-state index in [0.29, 0.717) is 24.6 Å². The topological polar surface area (TPSA) is 64.1 Å². The molecule has 0 bridgehead atoms. The van der Waals surface area contributed by atoms with Crippen molar-refractivity contribution in [3.63, 3.8) is 0 Å². The highest BCUT2D eigenvalue weighted by Crippen LogP contribution is 2.28. The zero-order valence-electron chi connectivity index (χ0n) is 10.8. The number of nitrogens with one attached hydrogen (secondary N) is 1. The van der Waals surface area contributed by atoms with Gasteiger partial charge in [0.15, 0.2) is 11.5 Å². The van der Waals surface area contributed by atoms with Crippen LogP contribution >= 0.6 is 15.9 Å². The smallest absolute Gasteiger partial charge is 0.357 e. The Labute approximate surface area is 124 Å². The number of hydrogen-bond acceptors (Lipinski definition) is 5. The molecule has 20 heavy (non-hydrogen) atoms.